The van der Waals surface area contributed by atoms with Crippen LogP contribution in [-0.2, 0) is 0 Å². The lowest BCUT2D eigenvalue weighted by Crippen LogP contribution is -2.22. The van der Waals surface area contributed by atoms with Crippen molar-refractivity contribution in [3.05, 3.63) is 66.0 Å². The highest BCUT2D eigenvalue weighted by Gasteiger charge is 2.10. The van der Waals surface area contributed by atoms with Crippen LogP contribution in [-0.4, -0.2) is 28.7 Å². The van der Waals surface area contributed by atoms with E-state index in [-0.39, 0.29) is 5.91 Å². The van der Waals surface area contributed by atoms with Crippen molar-refractivity contribution in [3.8, 4) is 0 Å². The van der Waals surface area contributed by atoms with Crippen LogP contribution in [0.5, 0.6) is 0 Å². The monoisotopic (exact) mass is 253 g/mol. The Morgan fingerprint density at radius 3 is 2.32 bits per heavy atom. The van der Waals surface area contributed by atoms with Crippen LogP contribution in [0.4, 0.5) is 0 Å². The molecule has 96 valence electrons. The van der Waals surface area contributed by atoms with E-state index >= 15 is 0 Å². The molecule has 0 bridgehead atoms. The maximum Gasteiger partial charge on any atom is 0.273 e. The Morgan fingerprint density at radius 1 is 1.05 bits per heavy atom. The maximum atomic E-state index is 12.1. The molecule has 0 aliphatic carbocycles. The molecule has 0 atom stereocenters. The third kappa shape index (κ3) is 3.25. The van der Waals surface area contributed by atoms with Gasteiger partial charge in [0.05, 0.1) is 5.71 Å². The second-order valence-corrected chi connectivity index (χ2v) is 4.12. The topological polar surface area (TPSA) is 45.6 Å². The summed E-state index contributed by atoms with van der Waals surface area (Å²) >= 11 is 0. The van der Waals surface area contributed by atoms with E-state index in [4.69, 9.17) is 0 Å². The van der Waals surface area contributed by atoms with Crippen molar-refractivity contribution in [2.45, 2.75) is 6.92 Å². The largest absolute Gasteiger partial charge is 0.273 e. The molecule has 0 radical (unpaired) electrons. The fourth-order valence-electron chi connectivity index (χ4n) is 1.69. The molecule has 0 aliphatic rings. The molecular formula is C15H15N3O. The summed E-state index contributed by atoms with van der Waals surface area (Å²) in [5.41, 5.74) is 2.34. The van der Waals surface area contributed by atoms with Gasteiger partial charge in [-0.25, -0.2) is 5.01 Å². The number of rotatable bonds is 3. The van der Waals surface area contributed by atoms with Crippen molar-refractivity contribution >= 4 is 11.6 Å². The van der Waals surface area contributed by atoms with Crippen molar-refractivity contribution in [2.24, 2.45) is 5.10 Å². The average Bonchev–Trinajstić information content (AvgIpc) is 2.48. The van der Waals surface area contributed by atoms with Gasteiger partial charge in [0, 0.05) is 30.6 Å². The summed E-state index contributed by atoms with van der Waals surface area (Å²) in [5.74, 6) is -0.131. The molecule has 2 aromatic rings. The normalized spacial score (nSPS) is 11.2. The fourth-order valence-corrected chi connectivity index (χ4v) is 1.69. The van der Waals surface area contributed by atoms with Crippen molar-refractivity contribution in [3.63, 3.8) is 0 Å². The van der Waals surface area contributed by atoms with Gasteiger partial charge >= 0.3 is 0 Å². The highest BCUT2D eigenvalue weighted by Crippen LogP contribution is 2.05. The molecule has 1 aromatic carbocycles. The first-order chi connectivity index (χ1) is 9.18. The molecular weight excluding hydrogens is 238 g/mol. The summed E-state index contributed by atoms with van der Waals surface area (Å²) in [7, 11) is 1.65. The van der Waals surface area contributed by atoms with Gasteiger partial charge in [-0.15, -0.1) is 0 Å². The number of hydrazone groups is 1. The van der Waals surface area contributed by atoms with Crippen LogP contribution >= 0.6 is 0 Å². The van der Waals surface area contributed by atoms with Crippen molar-refractivity contribution in [1.82, 2.24) is 9.99 Å². The lowest BCUT2D eigenvalue weighted by Gasteiger charge is -2.12. The van der Waals surface area contributed by atoms with Gasteiger partial charge in [-0.2, -0.15) is 5.10 Å². The third-order valence-corrected chi connectivity index (χ3v) is 2.71. The van der Waals surface area contributed by atoms with E-state index in [9.17, 15) is 4.79 Å². The van der Waals surface area contributed by atoms with Crippen LogP contribution in [0, 0.1) is 0 Å². The van der Waals surface area contributed by atoms with Crippen LogP contribution in [0.15, 0.2) is 60.0 Å². The van der Waals surface area contributed by atoms with Gasteiger partial charge in [0.25, 0.3) is 5.91 Å². The van der Waals surface area contributed by atoms with Crippen molar-refractivity contribution < 1.29 is 4.79 Å². The minimum atomic E-state index is -0.131. The van der Waals surface area contributed by atoms with Gasteiger partial charge in [-0.05, 0) is 31.2 Å². The van der Waals surface area contributed by atoms with E-state index < -0.39 is 0 Å². The van der Waals surface area contributed by atoms with Gasteiger partial charge in [-0.3, -0.25) is 9.78 Å². The van der Waals surface area contributed by atoms with Crippen molar-refractivity contribution in [1.29, 1.82) is 0 Å². The molecule has 0 unspecified atom stereocenters. The SMILES string of the molecule is CC(=NN(C)C(=O)c1ccccc1)c1ccncc1. The number of aromatic nitrogens is 1. The lowest BCUT2D eigenvalue weighted by molar-refractivity contribution is 0.0799. The number of nitrogens with zero attached hydrogens (tertiary/aromatic N) is 3. The summed E-state index contributed by atoms with van der Waals surface area (Å²) in [6.07, 6.45) is 3.40. The minimum Gasteiger partial charge on any atom is -0.267 e. The number of amides is 1. The summed E-state index contributed by atoms with van der Waals surface area (Å²) < 4.78 is 0. The first kappa shape index (κ1) is 13.0. The molecule has 0 saturated carbocycles. The first-order valence-corrected chi connectivity index (χ1v) is 5.97. The van der Waals surface area contributed by atoms with Crippen LogP contribution in [0.25, 0.3) is 0 Å². The highest BCUT2D eigenvalue weighted by molar-refractivity contribution is 6.00. The van der Waals surface area contributed by atoms with Crippen LogP contribution in [0.2, 0.25) is 0 Å². The Labute approximate surface area is 112 Å². The first-order valence-electron chi connectivity index (χ1n) is 5.97. The quantitative estimate of drug-likeness (QED) is 0.623. The zero-order valence-electron chi connectivity index (χ0n) is 10.9. The second-order valence-electron chi connectivity index (χ2n) is 4.12. The van der Waals surface area contributed by atoms with E-state index in [0.717, 1.165) is 11.3 Å². The number of hydrogen-bond acceptors (Lipinski definition) is 3. The third-order valence-electron chi connectivity index (χ3n) is 2.71. The molecule has 0 aliphatic heterocycles. The summed E-state index contributed by atoms with van der Waals surface area (Å²) in [4.78, 5) is 16.1. The zero-order valence-corrected chi connectivity index (χ0v) is 10.9. The molecule has 1 amide bonds. The zero-order chi connectivity index (χ0) is 13.7. The van der Waals surface area contributed by atoms with Crippen LogP contribution < -0.4 is 0 Å². The molecule has 2 rings (SSSR count). The molecule has 0 N–H and O–H groups in total. The summed E-state index contributed by atoms with van der Waals surface area (Å²) in [5, 5.41) is 5.65. The van der Waals surface area contributed by atoms with Gasteiger partial charge in [0.2, 0.25) is 0 Å². The van der Waals surface area contributed by atoms with E-state index in [2.05, 4.69) is 10.1 Å². The van der Waals surface area contributed by atoms with E-state index in [0.29, 0.717) is 5.56 Å². The number of benzene rings is 1. The van der Waals surface area contributed by atoms with E-state index in [1.54, 1.807) is 31.6 Å². The Balaban J connectivity index is 2.17. The molecule has 4 heteroatoms. The Bertz CT molecular complexity index is 579. The van der Waals surface area contributed by atoms with Gasteiger partial charge < -0.3 is 0 Å². The van der Waals surface area contributed by atoms with Gasteiger partial charge in [0.15, 0.2) is 0 Å². The molecule has 19 heavy (non-hydrogen) atoms. The summed E-state index contributed by atoms with van der Waals surface area (Å²) in [6.45, 7) is 1.87. The molecule has 4 nitrogen and oxygen atoms in total. The standard InChI is InChI=1S/C15H15N3O/c1-12(13-8-10-16-11-9-13)17-18(2)15(19)14-6-4-3-5-7-14/h3-11H,1-2H3. The molecule has 0 fully saturated rings. The van der Waals surface area contributed by atoms with Crippen molar-refractivity contribution in [2.75, 3.05) is 7.05 Å². The van der Waals surface area contributed by atoms with E-state index in [1.165, 1.54) is 5.01 Å². The minimum absolute atomic E-state index is 0.131. The molecule has 1 heterocycles. The molecule has 0 saturated heterocycles. The molecule has 1 aromatic heterocycles. The number of carbonyl (C=O) groups is 1. The van der Waals surface area contributed by atoms with E-state index in [1.807, 2.05) is 37.3 Å². The predicted molar refractivity (Wildman–Crippen MR) is 75.0 cm³/mol. The highest BCUT2D eigenvalue weighted by atomic mass is 16.2. The summed E-state index contributed by atoms with van der Waals surface area (Å²) in [6, 6.07) is 12.8. The fraction of sp³-hybridized carbons (Fsp3) is 0.133. The Hall–Kier alpha value is -2.49. The van der Waals surface area contributed by atoms with Gasteiger partial charge in [0.1, 0.15) is 0 Å². The predicted octanol–water partition coefficient (Wildman–Crippen LogP) is 2.58. The number of carbonyl (C=O) groups excluding carboxylic acids is 1. The Kier molecular flexibility index (Phi) is 4.03. The lowest BCUT2D eigenvalue weighted by atomic mass is 10.2. The van der Waals surface area contributed by atoms with Gasteiger partial charge in [-0.1, -0.05) is 18.2 Å². The van der Waals surface area contributed by atoms with Crippen LogP contribution in [0.1, 0.15) is 22.8 Å². The number of pyridine rings is 1. The average molecular weight is 253 g/mol. The van der Waals surface area contributed by atoms with Crippen LogP contribution in [0.3, 0.4) is 0 Å². The maximum absolute atomic E-state index is 12.1. The Morgan fingerprint density at radius 2 is 1.68 bits per heavy atom. The smallest absolute Gasteiger partial charge is 0.267 e. The molecule has 0 spiro atoms. The second kappa shape index (κ2) is 5.91. The number of hydrogen-bond donors (Lipinski definition) is 0.